The van der Waals surface area contributed by atoms with Gasteiger partial charge in [-0.2, -0.15) is 0 Å². The molecule has 0 aliphatic heterocycles. The predicted molar refractivity (Wildman–Crippen MR) is 91.5 cm³/mol. The molecule has 0 saturated heterocycles. The molecule has 0 radical (unpaired) electrons. The van der Waals surface area contributed by atoms with Crippen LogP contribution in [-0.2, 0) is 17.7 Å². The zero-order chi connectivity index (χ0) is 14.7. The van der Waals surface area contributed by atoms with E-state index < -0.39 is 4.87 Å². The van der Waals surface area contributed by atoms with Crippen molar-refractivity contribution in [2.75, 3.05) is 0 Å². The molecule has 0 aromatic heterocycles. The number of benzene rings is 3. The largest absolute Gasteiger partial charge is 0.121 e. The summed E-state index contributed by atoms with van der Waals surface area (Å²) < 4.78 is 0. The van der Waals surface area contributed by atoms with Crippen molar-refractivity contribution >= 4 is 11.6 Å². The Hall–Kier alpha value is -2.05. The standard InChI is InChI=1S/C21H15Cl/c22-21(16-12-11-14-9-10-15(14)13-16)19-7-3-1-5-17(19)18-6-2-4-8-20(18)21/h1-8,11-13H,9-10H2. The van der Waals surface area contributed by atoms with Crippen LogP contribution in [0.4, 0.5) is 0 Å². The van der Waals surface area contributed by atoms with Crippen LogP contribution in [0, 0.1) is 0 Å². The van der Waals surface area contributed by atoms with Gasteiger partial charge in [0, 0.05) is 0 Å². The molecule has 0 N–H and O–H groups in total. The molecule has 0 atom stereocenters. The average molecular weight is 303 g/mol. The van der Waals surface area contributed by atoms with E-state index in [-0.39, 0.29) is 0 Å². The molecule has 2 aliphatic carbocycles. The minimum atomic E-state index is -0.558. The molecule has 0 unspecified atom stereocenters. The van der Waals surface area contributed by atoms with Gasteiger partial charge in [0.05, 0.1) is 0 Å². The van der Waals surface area contributed by atoms with Crippen LogP contribution in [0.5, 0.6) is 0 Å². The molecule has 2 aliphatic rings. The van der Waals surface area contributed by atoms with Crippen molar-refractivity contribution in [2.45, 2.75) is 17.7 Å². The number of alkyl halides is 1. The molecule has 0 fully saturated rings. The number of rotatable bonds is 1. The fourth-order valence-corrected chi connectivity index (χ4v) is 4.35. The van der Waals surface area contributed by atoms with Gasteiger partial charge in [-0.1, -0.05) is 66.7 Å². The van der Waals surface area contributed by atoms with Crippen molar-refractivity contribution < 1.29 is 0 Å². The van der Waals surface area contributed by atoms with Crippen LogP contribution in [0.3, 0.4) is 0 Å². The van der Waals surface area contributed by atoms with E-state index >= 15 is 0 Å². The third-order valence-electron chi connectivity index (χ3n) is 5.15. The summed E-state index contributed by atoms with van der Waals surface area (Å²) in [5.41, 5.74) is 9.06. The van der Waals surface area contributed by atoms with Gasteiger partial charge in [-0.3, -0.25) is 0 Å². The molecule has 0 nitrogen and oxygen atoms in total. The molecule has 1 heteroatoms. The summed E-state index contributed by atoms with van der Waals surface area (Å²) in [5.74, 6) is 0. The van der Waals surface area contributed by atoms with E-state index in [1.807, 2.05) is 0 Å². The Kier molecular flexibility index (Phi) is 2.41. The summed E-state index contributed by atoms with van der Waals surface area (Å²) in [4.78, 5) is -0.558. The summed E-state index contributed by atoms with van der Waals surface area (Å²) in [7, 11) is 0. The van der Waals surface area contributed by atoms with Gasteiger partial charge in [0.1, 0.15) is 4.87 Å². The second-order valence-electron chi connectivity index (χ2n) is 6.23. The maximum atomic E-state index is 7.31. The maximum absolute atomic E-state index is 7.31. The number of hydrogen-bond acceptors (Lipinski definition) is 0. The van der Waals surface area contributed by atoms with E-state index in [0.717, 1.165) is 0 Å². The van der Waals surface area contributed by atoms with E-state index in [1.165, 1.54) is 51.8 Å². The average Bonchev–Trinajstić information content (AvgIpc) is 2.80. The van der Waals surface area contributed by atoms with Gasteiger partial charge in [-0.25, -0.2) is 0 Å². The van der Waals surface area contributed by atoms with E-state index in [9.17, 15) is 0 Å². The molecule has 0 bridgehead atoms. The zero-order valence-corrected chi connectivity index (χ0v) is 12.9. The number of halogens is 1. The van der Waals surface area contributed by atoms with E-state index in [0.29, 0.717) is 0 Å². The van der Waals surface area contributed by atoms with Crippen molar-refractivity contribution in [1.29, 1.82) is 0 Å². The number of hydrogen-bond donors (Lipinski definition) is 0. The lowest BCUT2D eigenvalue weighted by molar-refractivity contribution is 0.819. The first-order chi connectivity index (χ1) is 10.8. The van der Waals surface area contributed by atoms with Crippen LogP contribution in [0.2, 0.25) is 0 Å². The Labute approximate surface area is 135 Å². The molecule has 3 aromatic rings. The van der Waals surface area contributed by atoms with E-state index in [2.05, 4.69) is 66.7 Å². The Morgan fingerprint density at radius 1 is 0.682 bits per heavy atom. The van der Waals surface area contributed by atoms with Gasteiger partial charge >= 0.3 is 0 Å². The SMILES string of the molecule is ClC1(c2ccc3c(c2)CC3)c2ccccc2-c2ccccc21. The van der Waals surface area contributed by atoms with Crippen molar-refractivity contribution in [2.24, 2.45) is 0 Å². The fourth-order valence-electron chi connectivity index (χ4n) is 3.90. The molecule has 106 valence electrons. The second-order valence-corrected chi connectivity index (χ2v) is 6.80. The third-order valence-corrected chi connectivity index (χ3v) is 5.78. The minimum Gasteiger partial charge on any atom is -0.103 e. The van der Waals surface area contributed by atoms with E-state index in [4.69, 9.17) is 11.6 Å². The van der Waals surface area contributed by atoms with Crippen LogP contribution >= 0.6 is 11.6 Å². The monoisotopic (exact) mass is 302 g/mol. The number of fused-ring (bicyclic) bond motifs is 4. The Balaban J connectivity index is 1.84. The maximum Gasteiger partial charge on any atom is 0.121 e. The Bertz CT molecular complexity index is 862. The predicted octanol–water partition coefficient (Wildman–Crippen LogP) is 5.30. The molecular weight excluding hydrogens is 288 g/mol. The summed E-state index contributed by atoms with van der Waals surface area (Å²) in [6.07, 6.45) is 2.39. The highest BCUT2D eigenvalue weighted by molar-refractivity contribution is 6.30. The Morgan fingerprint density at radius 2 is 1.27 bits per heavy atom. The third kappa shape index (κ3) is 1.43. The van der Waals surface area contributed by atoms with E-state index in [1.54, 1.807) is 0 Å². The first kappa shape index (κ1) is 12.5. The summed E-state index contributed by atoms with van der Waals surface area (Å²) in [6, 6.07) is 23.8. The highest BCUT2D eigenvalue weighted by atomic mass is 35.5. The lowest BCUT2D eigenvalue weighted by atomic mass is 9.81. The van der Waals surface area contributed by atoms with Gasteiger partial charge < -0.3 is 0 Å². The highest BCUT2D eigenvalue weighted by Gasteiger charge is 2.43. The van der Waals surface area contributed by atoms with Crippen molar-refractivity contribution in [3.8, 4) is 11.1 Å². The molecular formula is C21H15Cl. The summed E-state index contributed by atoms with van der Waals surface area (Å²) in [5, 5.41) is 0. The lowest BCUT2D eigenvalue weighted by Crippen LogP contribution is -2.21. The smallest absolute Gasteiger partial charge is 0.103 e. The van der Waals surface area contributed by atoms with Gasteiger partial charge in [-0.05, 0) is 51.8 Å². The second kappa shape index (κ2) is 4.24. The topological polar surface area (TPSA) is 0 Å². The molecule has 5 rings (SSSR count). The van der Waals surface area contributed by atoms with Gasteiger partial charge in [0.15, 0.2) is 0 Å². The molecule has 22 heavy (non-hydrogen) atoms. The van der Waals surface area contributed by atoms with Gasteiger partial charge in [-0.15, -0.1) is 11.6 Å². The van der Waals surface area contributed by atoms with Crippen LogP contribution < -0.4 is 0 Å². The molecule has 0 heterocycles. The van der Waals surface area contributed by atoms with Crippen LogP contribution in [0.15, 0.2) is 66.7 Å². The molecule has 0 amide bonds. The zero-order valence-electron chi connectivity index (χ0n) is 12.1. The van der Waals surface area contributed by atoms with Crippen LogP contribution in [0.1, 0.15) is 27.8 Å². The fraction of sp³-hybridized carbons (Fsp3) is 0.143. The lowest BCUT2D eigenvalue weighted by Gasteiger charge is -2.28. The van der Waals surface area contributed by atoms with Crippen molar-refractivity contribution in [1.82, 2.24) is 0 Å². The first-order valence-electron chi connectivity index (χ1n) is 7.79. The quantitative estimate of drug-likeness (QED) is 0.535. The molecule has 0 saturated carbocycles. The first-order valence-corrected chi connectivity index (χ1v) is 8.17. The van der Waals surface area contributed by atoms with Gasteiger partial charge in [0.2, 0.25) is 0 Å². The van der Waals surface area contributed by atoms with Gasteiger partial charge in [0.25, 0.3) is 0 Å². The van der Waals surface area contributed by atoms with Crippen molar-refractivity contribution in [3.63, 3.8) is 0 Å². The summed E-state index contributed by atoms with van der Waals surface area (Å²) >= 11 is 7.31. The summed E-state index contributed by atoms with van der Waals surface area (Å²) in [6.45, 7) is 0. The van der Waals surface area contributed by atoms with Crippen LogP contribution in [0.25, 0.3) is 11.1 Å². The normalized spacial score (nSPS) is 16.4. The van der Waals surface area contributed by atoms with Crippen molar-refractivity contribution in [3.05, 3.63) is 94.5 Å². The minimum absolute atomic E-state index is 0.558. The molecule has 3 aromatic carbocycles. The van der Waals surface area contributed by atoms with Crippen LogP contribution in [-0.4, -0.2) is 0 Å². The number of aryl methyl sites for hydroxylation is 2. The molecule has 0 spiro atoms. The highest BCUT2D eigenvalue weighted by Crippen LogP contribution is 2.55. The Morgan fingerprint density at radius 3 is 1.82 bits per heavy atom.